The largest absolute Gasteiger partial charge is 0.486 e. The van der Waals surface area contributed by atoms with E-state index in [1.54, 1.807) is 30.0 Å². The number of rotatable bonds is 5. The maximum atomic E-state index is 12.6. The molecule has 3 amide bonds. The van der Waals surface area contributed by atoms with Crippen LogP contribution in [0.2, 0.25) is 0 Å². The summed E-state index contributed by atoms with van der Waals surface area (Å²) in [5.74, 6) is 0.211. The number of fused-ring (bicyclic) bond motifs is 1. The fourth-order valence-electron chi connectivity index (χ4n) is 4.13. The summed E-state index contributed by atoms with van der Waals surface area (Å²) in [4.78, 5) is 39.0. The van der Waals surface area contributed by atoms with Crippen LogP contribution in [0.25, 0.3) is 0 Å². The van der Waals surface area contributed by atoms with Crippen molar-refractivity contribution in [1.29, 1.82) is 0 Å². The van der Waals surface area contributed by atoms with Crippen molar-refractivity contribution in [2.24, 2.45) is 5.92 Å². The van der Waals surface area contributed by atoms with Crippen LogP contribution in [0.3, 0.4) is 0 Å². The van der Waals surface area contributed by atoms with E-state index in [0.717, 1.165) is 25.7 Å². The molecule has 3 aliphatic rings. The van der Waals surface area contributed by atoms with Crippen molar-refractivity contribution in [2.45, 2.75) is 51.1 Å². The number of anilines is 1. The van der Waals surface area contributed by atoms with Gasteiger partial charge in [-0.25, -0.2) is 0 Å². The van der Waals surface area contributed by atoms with Gasteiger partial charge in [0, 0.05) is 30.8 Å². The number of nitrogens with one attached hydrogen (secondary N) is 2. The van der Waals surface area contributed by atoms with Gasteiger partial charge in [-0.2, -0.15) is 0 Å². The van der Waals surface area contributed by atoms with E-state index in [1.165, 1.54) is 0 Å². The molecular weight excluding hydrogens is 374 g/mol. The third kappa shape index (κ3) is 4.31. The Morgan fingerprint density at radius 2 is 1.86 bits per heavy atom. The molecule has 1 aliphatic carbocycles. The predicted octanol–water partition coefficient (Wildman–Crippen LogP) is 1.37. The lowest BCUT2D eigenvalue weighted by Gasteiger charge is -2.22. The van der Waals surface area contributed by atoms with Crippen LogP contribution >= 0.6 is 0 Å². The van der Waals surface area contributed by atoms with Gasteiger partial charge in [0.1, 0.15) is 19.3 Å². The first-order chi connectivity index (χ1) is 14.0. The molecule has 29 heavy (non-hydrogen) atoms. The summed E-state index contributed by atoms with van der Waals surface area (Å²) >= 11 is 0. The topological polar surface area (TPSA) is 97.0 Å². The number of carbonyl (C=O) groups is 3. The molecule has 4 rings (SSSR count). The number of benzene rings is 1. The van der Waals surface area contributed by atoms with Crippen molar-refractivity contribution < 1.29 is 23.9 Å². The van der Waals surface area contributed by atoms with Crippen LogP contribution in [-0.4, -0.2) is 49.6 Å². The van der Waals surface area contributed by atoms with Crippen molar-refractivity contribution in [3.63, 3.8) is 0 Å². The zero-order valence-electron chi connectivity index (χ0n) is 16.6. The number of ether oxygens (including phenoxy) is 2. The van der Waals surface area contributed by atoms with E-state index < -0.39 is 12.0 Å². The second-order valence-electron chi connectivity index (χ2n) is 7.95. The van der Waals surface area contributed by atoms with E-state index in [-0.39, 0.29) is 36.7 Å². The minimum atomic E-state index is -0.624. The van der Waals surface area contributed by atoms with Crippen LogP contribution in [0.4, 0.5) is 5.69 Å². The van der Waals surface area contributed by atoms with Gasteiger partial charge in [0.15, 0.2) is 11.5 Å². The maximum absolute atomic E-state index is 12.6. The molecule has 156 valence electrons. The molecule has 2 aliphatic heterocycles. The fraction of sp³-hybridized carbons (Fsp3) is 0.571. The molecule has 0 unspecified atom stereocenters. The molecule has 2 heterocycles. The van der Waals surface area contributed by atoms with Crippen LogP contribution in [0.15, 0.2) is 18.2 Å². The van der Waals surface area contributed by atoms with Crippen molar-refractivity contribution in [2.75, 3.05) is 24.7 Å². The van der Waals surface area contributed by atoms with Gasteiger partial charge in [0.25, 0.3) is 0 Å². The number of hydrogen-bond acceptors (Lipinski definition) is 5. The van der Waals surface area contributed by atoms with Crippen molar-refractivity contribution in [3.05, 3.63) is 18.2 Å². The van der Waals surface area contributed by atoms with Gasteiger partial charge >= 0.3 is 0 Å². The summed E-state index contributed by atoms with van der Waals surface area (Å²) in [6.07, 6.45) is 4.37. The molecule has 0 aromatic heterocycles. The third-order valence-corrected chi connectivity index (χ3v) is 5.79. The molecule has 1 aromatic rings. The first kappa shape index (κ1) is 19.5. The number of carbonyl (C=O) groups excluding carboxylic acids is 3. The van der Waals surface area contributed by atoms with Crippen molar-refractivity contribution >= 4 is 23.4 Å². The van der Waals surface area contributed by atoms with E-state index in [1.807, 2.05) is 0 Å². The lowest BCUT2D eigenvalue weighted by molar-refractivity contribution is -0.131. The molecule has 8 nitrogen and oxygen atoms in total. The quantitative estimate of drug-likeness (QED) is 0.777. The van der Waals surface area contributed by atoms with Gasteiger partial charge in [-0.3, -0.25) is 14.4 Å². The second-order valence-corrected chi connectivity index (χ2v) is 7.95. The summed E-state index contributed by atoms with van der Waals surface area (Å²) in [7, 11) is 0. The smallest absolute Gasteiger partial charge is 0.242 e. The minimum absolute atomic E-state index is 0.120. The van der Waals surface area contributed by atoms with E-state index in [4.69, 9.17) is 9.47 Å². The van der Waals surface area contributed by atoms with Gasteiger partial charge < -0.3 is 25.0 Å². The molecule has 1 saturated carbocycles. The van der Waals surface area contributed by atoms with Crippen LogP contribution in [-0.2, 0) is 14.4 Å². The van der Waals surface area contributed by atoms with E-state index in [0.29, 0.717) is 30.4 Å². The Bertz CT molecular complexity index is 806. The first-order valence-electron chi connectivity index (χ1n) is 10.3. The van der Waals surface area contributed by atoms with Crippen LogP contribution in [0.5, 0.6) is 11.5 Å². The van der Waals surface area contributed by atoms with Crippen LogP contribution in [0.1, 0.15) is 39.0 Å². The van der Waals surface area contributed by atoms with Crippen LogP contribution in [0, 0.1) is 5.92 Å². The maximum Gasteiger partial charge on any atom is 0.242 e. The van der Waals surface area contributed by atoms with Gasteiger partial charge in [-0.1, -0.05) is 12.8 Å². The lowest BCUT2D eigenvalue weighted by Crippen LogP contribution is -2.49. The molecule has 2 atom stereocenters. The standard InChI is InChI=1S/C21H27N3O5/c1-13(20(26)23-15-4-2-3-5-15)22-21(27)14-10-19(25)24(12-14)16-6-7-17-18(11-16)29-9-8-28-17/h6-7,11,13-15H,2-5,8-10,12H2,1H3,(H,22,27)(H,23,26)/t13-,14-/m0/s1. The summed E-state index contributed by atoms with van der Waals surface area (Å²) in [6.45, 7) is 2.93. The van der Waals surface area contributed by atoms with Gasteiger partial charge in [0.05, 0.1) is 5.92 Å². The number of nitrogens with zero attached hydrogens (tertiary/aromatic N) is 1. The van der Waals surface area contributed by atoms with Gasteiger partial charge in [0.2, 0.25) is 17.7 Å². The molecule has 1 saturated heterocycles. The molecule has 8 heteroatoms. The number of hydrogen-bond donors (Lipinski definition) is 2. The SMILES string of the molecule is C[C@H](NC(=O)[C@H]1CC(=O)N(c2ccc3c(c2)OCCO3)C1)C(=O)NC1CCCC1. The van der Waals surface area contributed by atoms with Gasteiger partial charge in [-0.15, -0.1) is 0 Å². The number of amides is 3. The third-order valence-electron chi connectivity index (χ3n) is 5.79. The Kier molecular flexibility index (Phi) is 5.60. The Balaban J connectivity index is 1.34. The molecule has 0 spiro atoms. The molecule has 0 radical (unpaired) electrons. The summed E-state index contributed by atoms with van der Waals surface area (Å²) in [5.41, 5.74) is 0.682. The highest BCUT2D eigenvalue weighted by Gasteiger charge is 2.36. The van der Waals surface area contributed by atoms with Crippen LogP contribution < -0.4 is 25.0 Å². The zero-order valence-corrected chi connectivity index (χ0v) is 16.6. The van der Waals surface area contributed by atoms with Crippen molar-refractivity contribution in [1.82, 2.24) is 10.6 Å². The highest BCUT2D eigenvalue weighted by atomic mass is 16.6. The minimum Gasteiger partial charge on any atom is -0.486 e. The summed E-state index contributed by atoms with van der Waals surface area (Å²) in [5, 5.41) is 5.75. The Labute approximate surface area is 169 Å². The normalized spacial score (nSPS) is 22.4. The molecule has 1 aromatic carbocycles. The zero-order chi connectivity index (χ0) is 20.4. The molecular formula is C21H27N3O5. The Hall–Kier alpha value is -2.77. The highest BCUT2D eigenvalue weighted by molar-refractivity contribution is 6.01. The molecule has 2 fully saturated rings. The molecule has 2 N–H and O–H groups in total. The average molecular weight is 401 g/mol. The average Bonchev–Trinajstić information content (AvgIpc) is 3.37. The monoisotopic (exact) mass is 401 g/mol. The van der Waals surface area contributed by atoms with E-state index >= 15 is 0 Å². The fourth-order valence-corrected chi connectivity index (χ4v) is 4.13. The Morgan fingerprint density at radius 3 is 2.62 bits per heavy atom. The molecule has 0 bridgehead atoms. The summed E-state index contributed by atoms with van der Waals surface area (Å²) in [6, 6.07) is 4.93. The van der Waals surface area contributed by atoms with E-state index in [2.05, 4.69) is 10.6 Å². The first-order valence-corrected chi connectivity index (χ1v) is 10.3. The highest BCUT2D eigenvalue weighted by Crippen LogP contribution is 2.36. The van der Waals surface area contributed by atoms with E-state index in [9.17, 15) is 14.4 Å². The van der Waals surface area contributed by atoms with Crippen molar-refractivity contribution in [3.8, 4) is 11.5 Å². The second kappa shape index (κ2) is 8.31. The summed E-state index contributed by atoms with van der Waals surface area (Å²) < 4.78 is 11.1. The Morgan fingerprint density at radius 1 is 1.14 bits per heavy atom. The lowest BCUT2D eigenvalue weighted by atomic mass is 10.1. The van der Waals surface area contributed by atoms with Gasteiger partial charge in [-0.05, 0) is 31.9 Å². The predicted molar refractivity (Wildman–Crippen MR) is 106 cm³/mol.